The number of allylic oxidation sites excluding steroid dienone is 3. The molecule has 132 valence electrons. The first-order valence-electron chi connectivity index (χ1n) is 8.82. The van der Waals surface area contributed by atoms with Gasteiger partial charge in [0.1, 0.15) is 0 Å². The van der Waals surface area contributed by atoms with Gasteiger partial charge in [0, 0.05) is 4.37 Å². The fourth-order valence-electron chi connectivity index (χ4n) is 2.81. The first kappa shape index (κ1) is 21.0. The minimum atomic E-state index is -1.57. The van der Waals surface area contributed by atoms with Crippen LogP contribution in [0, 0.1) is 0 Å². The number of hydrogen-bond acceptors (Lipinski definition) is 1. The molecule has 3 heteroatoms. The zero-order valence-electron chi connectivity index (χ0n) is 17.1. The molecule has 23 heavy (non-hydrogen) atoms. The highest BCUT2D eigenvalue weighted by molar-refractivity contribution is 8.08. The van der Waals surface area contributed by atoms with Crippen LogP contribution in [-0.2, 0) is 0 Å². The molecule has 0 fully saturated rings. The van der Waals surface area contributed by atoms with Crippen molar-refractivity contribution >= 4 is 27.9 Å². The van der Waals surface area contributed by atoms with Crippen LogP contribution in [0.25, 0.3) is 0 Å². The van der Waals surface area contributed by atoms with Gasteiger partial charge in [-0.25, -0.2) is 0 Å². The van der Waals surface area contributed by atoms with Gasteiger partial charge in [-0.1, -0.05) is 92.0 Å². The fourth-order valence-corrected chi connectivity index (χ4v) is 12.4. The van der Waals surface area contributed by atoms with Crippen LogP contribution in [0.3, 0.4) is 0 Å². The van der Waals surface area contributed by atoms with Crippen molar-refractivity contribution in [3.63, 3.8) is 0 Å². The van der Waals surface area contributed by atoms with Gasteiger partial charge in [0.05, 0.1) is 16.1 Å². The van der Waals surface area contributed by atoms with Crippen LogP contribution in [-0.4, -0.2) is 20.5 Å². The van der Waals surface area contributed by atoms with E-state index in [0.717, 1.165) is 6.42 Å². The molecule has 1 aliphatic rings. The summed E-state index contributed by atoms with van der Waals surface area (Å²) in [6.45, 7) is 28.9. The lowest BCUT2D eigenvalue weighted by Gasteiger charge is -2.53. The van der Waals surface area contributed by atoms with Crippen LogP contribution in [0.1, 0.15) is 48.0 Å². The van der Waals surface area contributed by atoms with Crippen LogP contribution in [0.4, 0.5) is 0 Å². The molecule has 0 aromatic carbocycles. The van der Waals surface area contributed by atoms with Crippen LogP contribution in [0.2, 0.25) is 36.3 Å². The molecule has 1 unspecified atom stereocenters. The largest absolute Gasteiger partial charge is 0.127 e. The molecule has 0 spiro atoms. The van der Waals surface area contributed by atoms with E-state index >= 15 is 0 Å². The normalized spacial score (nSPS) is 23.7. The summed E-state index contributed by atoms with van der Waals surface area (Å²) in [5.74, 6) is 0. The molecule has 0 amide bonds. The summed E-state index contributed by atoms with van der Waals surface area (Å²) in [6.07, 6.45) is 10.5. The Labute approximate surface area is 151 Å². The number of hydrogen-bond donors (Lipinski definition) is 0. The summed E-state index contributed by atoms with van der Waals surface area (Å²) in [5, 5.41) is 0.744. The Morgan fingerprint density at radius 2 is 1.57 bits per heavy atom. The molecule has 0 bridgehead atoms. The van der Waals surface area contributed by atoms with E-state index in [4.69, 9.17) is 0 Å². The monoisotopic (exact) mass is 366 g/mol. The van der Waals surface area contributed by atoms with E-state index in [9.17, 15) is 0 Å². The van der Waals surface area contributed by atoms with Gasteiger partial charge in [0.25, 0.3) is 0 Å². The van der Waals surface area contributed by atoms with Crippen molar-refractivity contribution in [2.24, 2.45) is 0 Å². The van der Waals surface area contributed by atoms with Crippen LogP contribution < -0.4 is 0 Å². The molecule has 0 aliphatic carbocycles. The maximum Gasteiger partial charge on any atom is 0.0940 e. The summed E-state index contributed by atoms with van der Waals surface area (Å²) in [7, 11) is -3.07. The highest BCUT2D eigenvalue weighted by Gasteiger charge is 2.54. The Bertz CT molecular complexity index is 513. The van der Waals surface area contributed by atoms with Crippen molar-refractivity contribution in [2.45, 2.75) is 88.6 Å². The van der Waals surface area contributed by atoms with Crippen LogP contribution in [0.15, 0.2) is 35.4 Å². The smallest absolute Gasteiger partial charge is 0.0940 e. The number of thioether (sulfide) groups is 1. The Hall–Kier alpha value is 0.00377. The van der Waals surface area contributed by atoms with Crippen molar-refractivity contribution in [1.29, 1.82) is 0 Å². The van der Waals surface area contributed by atoms with E-state index < -0.39 is 16.1 Å². The van der Waals surface area contributed by atoms with E-state index in [1.165, 1.54) is 0 Å². The topological polar surface area (TPSA) is 0 Å². The third-order valence-electron chi connectivity index (χ3n) is 6.78. The van der Waals surface area contributed by atoms with Gasteiger partial charge in [-0.05, 0) is 21.0 Å². The second-order valence-corrected chi connectivity index (χ2v) is 23.2. The van der Waals surface area contributed by atoms with Gasteiger partial charge in [-0.15, -0.1) is 18.3 Å². The summed E-state index contributed by atoms with van der Waals surface area (Å²) in [4.78, 5) is 0. The molecular weight excluding hydrogens is 328 g/mol. The van der Waals surface area contributed by atoms with Crippen LogP contribution >= 0.6 is 11.8 Å². The third-order valence-corrected chi connectivity index (χ3v) is 22.9. The van der Waals surface area contributed by atoms with Gasteiger partial charge < -0.3 is 0 Å². The van der Waals surface area contributed by atoms with Gasteiger partial charge in [-0.2, -0.15) is 0 Å². The van der Waals surface area contributed by atoms with E-state index in [1.807, 2.05) is 0 Å². The fraction of sp³-hybridized carbons (Fsp3) is 0.700. The predicted molar refractivity (Wildman–Crippen MR) is 117 cm³/mol. The molecule has 1 heterocycles. The highest BCUT2D eigenvalue weighted by Crippen LogP contribution is 2.57. The van der Waals surface area contributed by atoms with E-state index in [0.29, 0.717) is 10.1 Å². The Balaban J connectivity index is 3.39. The first-order chi connectivity index (χ1) is 10.1. The molecule has 0 saturated heterocycles. The molecule has 0 radical (unpaired) electrons. The van der Waals surface area contributed by atoms with Gasteiger partial charge in [-0.3, -0.25) is 0 Å². The SMILES string of the molecule is C=CCC1([Si](C)(C)C(C)(C)C)C=CC=C([Si](C)(C)C(C)(C)C)S1. The van der Waals surface area contributed by atoms with Gasteiger partial charge >= 0.3 is 0 Å². The maximum absolute atomic E-state index is 4.10. The summed E-state index contributed by atoms with van der Waals surface area (Å²) in [6, 6.07) is 0. The van der Waals surface area contributed by atoms with E-state index in [-0.39, 0.29) is 4.37 Å². The Morgan fingerprint density at radius 3 is 1.96 bits per heavy atom. The van der Waals surface area contributed by atoms with E-state index in [2.05, 4.69) is 110 Å². The second-order valence-electron chi connectivity index (χ2n) is 10.1. The minimum absolute atomic E-state index is 0.229. The first-order valence-corrected chi connectivity index (χ1v) is 15.6. The standard InChI is InChI=1S/C20H38SSi2/c1-12-15-20(23(10,11)19(5,6)7)16-13-14-17(21-20)22(8,9)18(2,3)4/h12-14,16H,1,15H2,2-11H3. The van der Waals surface area contributed by atoms with Gasteiger partial charge in [0.15, 0.2) is 0 Å². The van der Waals surface area contributed by atoms with Crippen molar-refractivity contribution in [1.82, 2.24) is 0 Å². The summed E-state index contributed by atoms with van der Waals surface area (Å²) in [5.41, 5.74) is 0. The molecule has 1 aliphatic heterocycles. The molecule has 0 aromatic heterocycles. The molecule has 1 atom stereocenters. The van der Waals surface area contributed by atoms with Gasteiger partial charge in [0.2, 0.25) is 0 Å². The molecule has 0 saturated carbocycles. The molecule has 0 aromatic rings. The minimum Gasteiger partial charge on any atom is -0.127 e. The predicted octanol–water partition coefficient (Wildman–Crippen LogP) is 7.58. The molecule has 0 N–H and O–H groups in total. The zero-order valence-corrected chi connectivity index (χ0v) is 19.9. The van der Waals surface area contributed by atoms with Crippen molar-refractivity contribution < 1.29 is 0 Å². The lowest BCUT2D eigenvalue weighted by atomic mass is 10.2. The lowest BCUT2D eigenvalue weighted by Crippen LogP contribution is -2.57. The van der Waals surface area contributed by atoms with Crippen molar-refractivity contribution in [2.75, 3.05) is 0 Å². The average molecular weight is 367 g/mol. The Morgan fingerprint density at radius 1 is 1.04 bits per heavy atom. The summed E-state index contributed by atoms with van der Waals surface area (Å²) >= 11 is 2.20. The van der Waals surface area contributed by atoms with Crippen molar-refractivity contribution in [3.05, 3.63) is 35.4 Å². The number of rotatable bonds is 4. The third kappa shape index (κ3) is 3.67. The van der Waals surface area contributed by atoms with Crippen LogP contribution in [0.5, 0.6) is 0 Å². The van der Waals surface area contributed by atoms with Crippen molar-refractivity contribution in [3.8, 4) is 0 Å². The quantitative estimate of drug-likeness (QED) is 0.365. The highest BCUT2D eigenvalue weighted by atomic mass is 32.2. The molecule has 1 rings (SSSR count). The molecule has 0 nitrogen and oxygen atoms in total. The van der Waals surface area contributed by atoms with E-state index in [1.54, 1.807) is 4.53 Å². The average Bonchev–Trinajstić information content (AvgIpc) is 2.36. The second kappa shape index (κ2) is 6.38. The zero-order chi connectivity index (χ0) is 18.3. The lowest BCUT2D eigenvalue weighted by molar-refractivity contribution is 0.688. The maximum atomic E-state index is 4.10. The molecular formula is C20H38SSi2. The summed E-state index contributed by atoms with van der Waals surface area (Å²) < 4.78 is 1.89. The Kier molecular flexibility index (Phi) is 5.84.